The van der Waals surface area contributed by atoms with Crippen molar-refractivity contribution in [3.05, 3.63) is 71.9 Å². The highest BCUT2D eigenvalue weighted by Crippen LogP contribution is 2.28. The van der Waals surface area contributed by atoms with Crippen molar-refractivity contribution in [2.45, 2.75) is 26.8 Å². The molecule has 5 rings (SSSR count). The lowest BCUT2D eigenvalue weighted by Crippen LogP contribution is -2.36. The SMILES string of the molecule is Cc1ccc(-c2cc(C(=O)Nc3cccc(N4CCOCC4)c3)c3cnn(C(C)C)c3n2)cc1. The van der Waals surface area contributed by atoms with Crippen molar-refractivity contribution in [1.29, 1.82) is 0 Å². The summed E-state index contributed by atoms with van der Waals surface area (Å²) in [6.07, 6.45) is 1.74. The van der Waals surface area contributed by atoms with Crippen LogP contribution in [0.15, 0.2) is 60.8 Å². The molecule has 0 spiro atoms. The van der Waals surface area contributed by atoms with Crippen molar-refractivity contribution in [2.24, 2.45) is 0 Å². The van der Waals surface area contributed by atoms with Gasteiger partial charge in [0, 0.05) is 36.1 Å². The van der Waals surface area contributed by atoms with E-state index in [1.54, 1.807) is 6.20 Å². The fourth-order valence-electron chi connectivity index (χ4n) is 4.26. The van der Waals surface area contributed by atoms with Gasteiger partial charge in [-0.15, -0.1) is 0 Å². The van der Waals surface area contributed by atoms with Crippen molar-refractivity contribution in [3.63, 3.8) is 0 Å². The Morgan fingerprint density at radius 3 is 2.56 bits per heavy atom. The summed E-state index contributed by atoms with van der Waals surface area (Å²) in [7, 11) is 0. The fourth-order valence-corrected chi connectivity index (χ4v) is 4.26. The van der Waals surface area contributed by atoms with Gasteiger partial charge in [0.1, 0.15) is 0 Å². The third-order valence-corrected chi connectivity index (χ3v) is 6.13. The van der Waals surface area contributed by atoms with Crippen LogP contribution in [0.25, 0.3) is 22.3 Å². The molecule has 4 aromatic rings. The van der Waals surface area contributed by atoms with Crippen LogP contribution in [-0.2, 0) is 4.74 Å². The van der Waals surface area contributed by atoms with Gasteiger partial charge in [-0.1, -0.05) is 35.9 Å². The number of hydrogen-bond acceptors (Lipinski definition) is 5. The molecule has 1 aliphatic rings. The molecule has 1 aliphatic heterocycles. The van der Waals surface area contributed by atoms with E-state index in [4.69, 9.17) is 9.72 Å². The van der Waals surface area contributed by atoms with Crippen LogP contribution in [0.2, 0.25) is 0 Å². The van der Waals surface area contributed by atoms with E-state index in [1.165, 1.54) is 5.56 Å². The standard InChI is InChI=1S/C27H29N5O2/c1-18(2)32-26-24(17-28-32)23(16-25(30-26)20-9-7-19(3)8-10-20)27(33)29-21-5-4-6-22(15-21)31-11-13-34-14-12-31/h4-10,15-18H,11-14H2,1-3H3,(H,29,33). The van der Waals surface area contributed by atoms with Crippen molar-refractivity contribution < 1.29 is 9.53 Å². The minimum Gasteiger partial charge on any atom is -0.378 e. The highest BCUT2D eigenvalue weighted by Gasteiger charge is 2.19. The Hall–Kier alpha value is -3.71. The van der Waals surface area contributed by atoms with Gasteiger partial charge >= 0.3 is 0 Å². The Bertz CT molecular complexity index is 1320. The molecule has 0 saturated carbocycles. The normalized spacial score (nSPS) is 14.1. The molecule has 2 aromatic heterocycles. The van der Waals surface area contributed by atoms with Crippen LogP contribution in [0.4, 0.5) is 11.4 Å². The average Bonchev–Trinajstić information content (AvgIpc) is 3.29. The maximum atomic E-state index is 13.5. The Kier molecular flexibility index (Phi) is 6.02. The van der Waals surface area contributed by atoms with Crippen molar-refractivity contribution in [1.82, 2.24) is 14.8 Å². The van der Waals surface area contributed by atoms with Crippen LogP contribution in [0.1, 0.15) is 35.8 Å². The van der Waals surface area contributed by atoms with E-state index in [0.717, 1.165) is 41.1 Å². The third-order valence-electron chi connectivity index (χ3n) is 6.13. The molecule has 2 aromatic carbocycles. The molecule has 174 valence electrons. The highest BCUT2D eigenvalue weighted by atomic mass is 16.5. The van der Waals surface area contributed by atoms with Crippen molar-refractivity contribution in [2.75, 3.05) is 36.5 Å². The number of benzene rings is 2. The number of nitrogens with one attached hydrogen (secondary N) is 1. The number of anilines is 2. The van der Waals surface area contributed by atoms with E-state index in [0.29, 0.717) is 24.4 Å². The second kappa shape index (κ2) is 9.27. The van der Waals surface area contributed by atoms with Gasteiger partial charge in [0.25, 0.3) is 5.91 Å². The largest absolute Gasteiger partial charge is 0.378 e. The molecule has 1 amide bonds. The number of amides is 1. The van der Waals surface area contributed by atoms with Gasteiger partial charge < -0.3 is 15.0 Å². The molecule has 3 heterocycles. The van der Waals surface area contributed by atoms with Crippen LogP contribution in [0, 0.1) is 6.92 Å². The minimum atomic E-state index is -0.178. The Morgan fingerprint density at radius 1 is 1.06 bits per heavy atom. The number of aryl methyl sites for hydroxylation is 1. The highest BCUT2D eigenvalue weighted by molar-refractivity contribution is 6.12. The van der Waals surface area contributed by atoms with Gasteiger partial charge in [-0.25, -0.2) is 9.67 Å². The molecule has 0 aliphatic carbocycles. The zero-order valence-corrected chi connectivity index (χ0v) is 19.8. The smallest absolute Gasteiger partial charge is 0.256 e. The molecule has 7 heteroatoms. The number of hydrogen-bond donors (Lipinski definition) is 1. The number of fused-ring (bicyclic) bond motifs is 1. The van der Waals surface area contributed by atoms with Gasteiger partial charge in [-0.3, -0.25) is 4.79 Å². The summed E-state index contributed by atoms with van der Waals surface area (Å²) in [6, 6.07) is 18.1. The summed E-state index contributed by atoms with van der Waals surface area (Å²) in [6.45, 7) is 9.29. The molecule has 7 nitrogen and oxygen atoms in total. The number of aromatic nitrogens is 3. The molecule has 1 saturated heterocycles. The molecule has 0 atom stereocenters. The predicted molar refractivity (Wildman–Crippen MR) is 136 cm³/mol. The molecule has 0 radical (unpaired) electrons. The summed E-state index contributed by atoms with van der Waals surface area (Å²) >= 11 is 0. The maximum absolute atomic E-state index is 13.5. The number of carbonyl (C=O) groups is 1. The summed E-state index contributed by atoms with van der Waals surface area (Å²) in [5.74, 6) is -0.178. The molecular weight excluding hydrogens is 426 g/mol. The summed E-state index contributed by atoms with van der Waals surface area (Å²) in [4.78, 5) is 20.7. The summed E-state index contributed by atoms with van der Waals surface area (Å²) in [5, 5.41) is 8.36. The van der Waals surface area contributed by atoms with Crippen molar-refractivity contribution in [3.8, 4) is 11.3 Å². The quantitative estimate of drug-likeness (QED) is 0.455. The van der Waals surface area contributed by atoms with Gasteiger partial charge in [-0.05, 0) is 45.0 Å². The Labute approximate surface area is 199 Å². The number of morpholine rings is 1. The van der Waals surface area contributed by atoms with Crippen LogP contribution < -0.4 is 10.2 Å². The average molecular weight is 456 g/mol. The van der Waals surface area contributed by atoms with Crippen LogP contribution in [0.3, 0.4) is 0 Å². The summed E-state index contributed by atoms with van der Waals surface area (Å²) in [5.41, 5.74) is 6.00. The van der Waals surface area contributed by atoms with Crippen LogP contribution in [-0.4, -0.2) is 47.0 Å². The molecular formula is C27H29N5O2. The molecule has 0 unspecified atom stereocenters. The third kappa shape index (κ3) is 4.39. The number of pyridine rings is 1. The van der Waals surface area contributed by atoms with Gasteiger partial charge in [-0.2, -0.15) is 5.10 Å². The predicted octanol–water partition coefficient (Wildman–Crippen LogP) is 5.08. The van der Waals surface area contributed by atoms with E-state index in [1.807, 2.05) is 41.1 Å². The Morgan fingerprint density at radius 2 is 1.82 bits per heavy atom. The maximum Gasteiger partial charge on any atom is 0.256 e. The first-order valence-electron chi connectivity index (χ1n) is 11.7. The van der Waals surface area contributed by atoms with Gasteiger partial charge in [0.15, 0.2) is 5.65 Å². The van der Waals surface area contributed by atoms with E-state index in [2.05, 4.69) is 54.3 Å². The van der Waals surface area contributed by atoms with E-state index >= 15 is 0 Å². The monoisotopic (exact) mass is 455 g/mol. The molecule has 1 N–H and O–H groups in total. The number of carbonyl (C=O) groups excluding carboxylic acids is 1. The number of ether oxygens (including phenoxy) is 1. The first-order valence-corrected chi connectivity index (χ1v) is 11.7. The van der Waals surface area contributed by atoms with Gasteiger partial charge in [0.2, 0.25) is 0 Å². The van der Waals surface area contributed by atoms with Crippen LogP contribution >= 0.6 is 0 Å². The molecule has 0 bridgehead atoms. The molecule has 1 fully saturated rings. The second-order valence-electron chi connectivity index (χ2n) is 8.95. The molecule has 34 heavy (non-hydrogen) atoms. The second-order valence-corrected chi connectivity index (χ2v) is 8.95. The first kappa shape index (κ1) is 22.1. The lowest BCUT2D eigenvalue weighted by Gasteiger charge is -2.29. The summed E-state index contributed by atoms with van der Waals surface area (Å²) < 4.78 is 7.33. The lowest BCUT2D eigenvalue weighted by atomic mass is 10.0. The lowest BCUT2D eigenvalue weighted by molar-refractivity contribution is 0.102. The van der Waals surface area contributed by atoms with E-state index in [9.17, 15) is 4.79 Å². The van der Waals surface area contributed by atoms with Crippen molar-refractivity contribution >= 4 is 28.3 Å². The zero-order valence-electron chi connectivity index (χ0n) is 19.8. The fraction of sp³-hybridized carbons (Fsp3) is 0.296. The zero-order chi connectivity index (χ0) is 23.7. The van der Waals surface area contributed by atoms with Gasteiger partial charge in [0.05, 0.1) is 36.1 Å². The van der Waals surface area contributed by atoms with Crippen LogP contribution in [0.5, 0.6) is 0 Å². The first-order chi connectivity index (χ1) is 16.5. The number of nitrogens with zero attached hydrogens (tertiary/aromatic N) is 4. The minimum absolute atomic E-state index is 0.124. The number of rotatable bonds is 5. The Balaban J connectivity index is 1.52. The van der Waals surface area contributed by atoms with E-state index < -0.39 is 0 Å². The topological polar surface area (TPSA) is 72.3 Å². The van der Waals surface area contributed by atoms with E-state index in [-0.39, 0.29) is 11.9 Å².